The minimum Gasteiger partial charge on any atom is -0.384 e. The molecule has 2 unspecified atom stereocenters. The van der Waals surface area contributed by atoms with E-state index in [1.165, 1.54) is 37.9 Å². The standard InChI is InChI=1S/C14H22N4S/c1-2-19-11-6-5-10(7-11)16-13-8-12(15)17-14(18-13)9-3-4-9/h8-11H,2-7H2,1H3,(H3,15,16,17,18). The summed E-state index contributed by atoms with van der Waals surface area (Å²) in [4.78, 5) is 8.96. The number of hydrogen-bond donors (Lipinski definition) is 2. The Kier molecular flexibility index (Phi) is 3.82. The first-order valence-electron chi connectivity index (χ1n) is 7.27. The summed E-state index contributed by atoms with van der Waals surface area (Å²) >= 11 is 2.08. The van der Waals surface area contributed by atoms with E-state index in [0.717, 1.165) is 16.9 Å². The van der Waals surface area contributed by atoms with Gasteiger partial charge in [-0.1, -0.05) is 6.92 Å². The third-order valence-corrected chi connectivity index (χ3v) is 5.08. The fraction of sp³-hybridized carbons (Fsp3) is 0.714. The number of anilines is 2. The fourth-order valence-electron chi connectivity index (χ4n) is 2.75. The van der Waals surface area contributed by atoms with Crippen LogP contribution in [0.3, 0.4) is 0 Å². The van der Waals surface area contributed by atoms with E-state index in [9.17, 15) is 0 Å². The topological polar surface area (TPSA) is 63.8 Å². The Morgan fingerprint density at radius 2 is 2.16 bits per heavy atom. The highest BCUT2D eigenvalue weighted by molar-refractivity contribution is 7.99. The minimum absolute atomic E-state index is 0.547. The third-order valence-electron chi connectivity index (χ3n) is 3.84. The Labute approximate surface area is 119 Å². The molecule has 2 aliphatic carbocycles. The molecule has 2 fully saturated rings. The molecule has 3 rings (SSSR count). The second kappa shape index (κ2) is 5.57. The summed E-state index contributed by atoms with van der Waals surface area (Å²) in [6, 6.07) is 2.41. The third kappa shape index (κ3) is 3.32. The predicted octanol–water partition coefficient (Wildman–Crippen LogP) is 3.02. The largest absolute Gasteiger partial charge is 0.384 e. The molecule has 4 nitrogen and oxygen atoms in total. The van der Waals surface area contributed by atoms with Crippen LogP contribution in [0.25, 0.3) is 0 Å². The second-order valence-electron chi connectivity index (χ2n) is 5.54. The number of aromatic nitrogens is 2. The molecule has 0 bridgehead atoms. The number of nitrogen functional groups attached to an aromatic ring is 1. The first-order valence-corrected chi connectivity index (χ1v) is 8.32. The summed E-state index contributed by atoms with van der Waals surface area (Å²) in [7, 11) is 0. The number of hydrogen-bond acceptors (Lipinski definition) is 5. The molecule has 0 aromatic carbocycles. The first-order chi connectivity index (χ1) is 9.24. The van der Waals surface area contributed by atoms with Gasteiger partial charge in [0, 0.05) is 23.3 Å². The van der Waals surface area contributed by atoms with Crippen molar-refractivity contribution in [3.63, 3.8) is 0 Å². The van der Waals surface area contributed by atoms with Gasteiger partial charge in [0.15, 0.2) is 0 Å². The molecule has 0 spiro atoms. The molecule has 1 heterocycles. The van der Waals surface area contributed by atoms with Crippen LogP contribution in [0, 0.1) is 0 Å². The summed E-state index contributed by atoms with van der Waals surface area (Å²) < 4.78 is 0. The molecule has 0 aliphatic heterocycles. The molecular formula is C14H22N4S. The summed E-state index contributed by atoms with van der Waals surface area (Å²) in [6.07, 6.45) is 6.21. The fourth-order valence-corrected chi connectivity index (χ4v) is 3.89. The Balaban J connectivity index is 1.63. The van der Waals surface area contributed by atoms with Crippen LogP contribution < -0.4 is 11.1 Å². The zero-order valence-electron chi connectivity index (χ0n) is 11.4. The van der Waals surface area contributed by atoms with Crippen LogP contribution in [0.1, 0.15) is 50.8 Å². The van der Waals surface area contributed by atoms with Crippen LogP contribution in [0.4, 0.5) is 11.6 Å². The van der Waals surface area contributed by atoms with E-state index in [0.29, 0.717) is 17.8 Å². The zero-order chi connectivity index (χ0) is 13.2. The maximum Gasteiger partial charge on any atom is 0.136 e. The van der Waals surface area contributed by atoms with Crippen LogP contribution >= 0.6 is 11.8 Å². The lowest BCUT2D eigenvalue weighted by Crippen LogP contribution is -2.18. The maximum atomic E-state index is 5.88. The molecule has 104 valence electrons. The van der Waals surface area contributed by atoms with Crippen molar-refractivity contribution in [3.8, 4) is 0 Å². The molecule has 2 aliphatic rings. The highest BCUT2D eigenvalue weighted by Crippen LogP contribution is 2.39. The number of nitrogens with two attached hydrogens (primary N) is 1. The van der Waals surface area contributed by atoms with Gasteiger partial charge in [-0.3, -0.25) is 0 Å². The van der Waals surface area contributed by atoms with E-state index in [1.54, 1.807) is 0 Å². The zero-order valence-corrected chi connectivity index (χ0v) is 12.2. The van der Waals surface area contributed by atoms with Crippen LogP contribution in [0.5, 0.6) is 0 Å². The van der Waals surface area contributed by atoms with Crippen molar-refractivity contribution in [3.05, 3.63) is 11.9 Å². The van der Waals surface area contributed by atoms with Crippen molar-refractivity contribution in [2.24, 2.45) is 0 Å². The molecule has 1 aromatic heterocycles. The van der Waals surface area contributed by atoms with Crippen molar-refractivity contribution in [2.45, 2.75) is 56.2 Å². The number of thioether (sulfide) groups is 1. The van der Waals surface area contributed by atoms with Gasteiger partial charge in [0.05, 0.1) is 0 Å². The molecule has 2 saturated carbocycles. The first kappa shape index (κ1) is 13.0. The molecule has 0 radical (unpaired) electrons. The average molecular weight is 278 g/mol. The number of nitrogens with zero attached hydrogens (tertiary/aromatic N) is 2. The number of nitrogens with one attached hydrogen (secondary N) is 1. The van der Waals surface area contributed by atoms with Gasteiger partial charge in [0.2, 0.25) is 0 Å². The predicted molar refractivity (Wildman–Crippen MR) is 81.6 cm³/mol. The van der Waals surface area contributed by atoms with Gasteiger partial charge in [-0.2, -0.15) is 11.8 Å². The van der Waals surface area contributed by atoms with Gasteiger partial charge >= 0.3 is 0 Å². The molecule has 0 saturated heterocycles. The van der Waals surface area contributed by atoms with E-state index in [2.05, 4.69) is 34.0 Å². The van der Waals surface area contributed by atoms with E-state index >= 15 is 0 Å². The molecule has 3 N–H and O–H groups in total. The van der Waals surface area contributed by atoms with Gasteiger partial charge < -0.3 is 11.1 Å². The number of rotatable bonds is 5. The van der Waals surface area contributed by atoms with Gasteiger partial charge in [-0.15, -0.1) is 0 Å². The van der Waals surface area contributed by atoms with Crippen molar-refractivity contribution in [1.82, 2.24) is 9.97 Å². The van der Waals surface area contributed by atoms with E-state index in [1.807, 2.05) is 6.07 Å². The monoisotopic (exact) mass is 278 g/mol. The van der Waals surface area contributed by atoms with Gasteiger partial charge in [-0.25, -0.2) is 9.97 Å². The lowest BCUT2D eigenvalue weighted by molar-refractivity contribution is 0.748. The highest BCUT2D eigenvalue weighted by Gasteiger charge is 2.28. The van der Waals surface area contributed by atoms with Crippen molar-refractivity contribution < 1.29 is 0 Å². The lowest BCUT2D eigenvalue weighted by Gasteiger charge is -2.14. The van der Waals surface area contributed by atoms with Gasteiger partial charge in [-0.05, 0) is 37.9 Å². The molecular weight excluding hydrogens is 256 g/mol. The Morgan fingerprint density at radius 1 is 1.32 bits per heavy atom. The molecule has 5 heteroatoms. The van der Waals surface area contributed by atoms with E-state index in [4.69, 9.17) is 5.73 Å². The molecule has 0 amide bonds. The van der Waals surface area contributed by atoms with Crippen LogP contribution in [0.2, 0.25) is 0 Å². The SMILES string of the molecule is CCSC1CCC(Nc2cc(N)nc(C3CC3)n2)C1. The van der Waals surface area contributed by atoms with E-state index < -0.39 is 0 Å². The lowest BCUT2D eigenvalue weighted by atomic mass is 10.2. The average Bonchev–Trinajstić information content (AvgIpc) is 3.13. The quantitative estimate of drug-likeness (QED) is 0.867. The maximum absolute atomic E-state index is 5.88. The second-order valence-corrected chi connectivity index (χ2v) is 7.12. The van der Waals surface area contributed by atoms with Crippen molar-refractivity contribution in [1.29, 1.82) is 0 Å². The van der Waals surface area contributed by atoms with Crippen molar-refractivity contribution >= 4 is 23.4 Å². The summed E-state index contributed by atoms with van der Waals surface area (Å²) in [5, 5.41) is 4.36. The van der Waals surface area contributed by atoms with Crippen LogP contribution in [0.15, 0.2) is 6.07 Å². The molecule has 19 heavy (non-hydrogen) atoms. The van der Waals surface area contributed by atoms with E-state index in [-0.39, 0.29) is 0 Å². The summed E-state index contributed by atoms with van der Waals surface area (Å²) in [5.74, 6) is 4.21. The van der Waals surface area contributed by atoms with Crippen molar-refractivity contribution in [2.75, 3.05) is 16.8 Å². The molecule has 2 atom stereocenters. The summed E-state index contributed by atoms with van der Waals surface area (Å²) in [6.45, 7) is 2.23. The van der Waals surface area contributed by atoms with Gasteiger partial charge in [0.25, 0.3) is 0 Å². The highest BCUT2D eigenvalue weighted by atomic mass is 32.2. The van der Waals surface area contributed by atoms with Gasteiger partial charge in [0.1, 0.15) is 17.5 Å². The Bertz CT molecular complexity index is 447. The van der Waals surface area contributed by atoms with Crippen LogP contribution in [-0.4, -0.2) is 27.0 Å². The summed E-state index contributed by atoms with van der Waals surface area (Å²) in [5.41, 5.74) is 5.88. The Hall–Kier alpha value is -0.970. The van der Waals surface area contributed by atoms with Crippen LogP contribution in [-0.2, 0) is 0 Å². The Morgan fingerprint density at radius 3 is 2.89 bits per heavy atom. The molecule has 1 aromatic rings. The normalized spacial score (nSPS) is 26.6. The smallest absolute Gasteiger partial charge is 0.136 e. The minimum atomic E-state index is 0.547.